The first-order valence-electron chi connectivity index (χ1n) is 6.59. The van der Waals surface area contributed by atoms with Gasteiger partial charge in [0, 0.05) is 19.3 Å². The summed E-state index contributed by atoms with van der Waals surface area (Å²) in [5, 5.41) is 6.62. The fourth-order valence-corrected chi connectivity index (χ4v) is 1.89. The molecule has 0 aliphatic heterocycles. The van der Waals surface area contributed by atoms with Crippen molar-refractivity contribution in [2.75, 3.05) is 23.7 Å². The van der Waals surface area contributed by atoms with Gasteiger partial charge >= 0.3 is 0 Å². The zero-order valence-electron chi connectivity index (χ0n) is 10.8. The fourth-order valence-electron chi connectivity index (χ4n) is 1.89. The standard InChI is InChI=1S/C13H22N4/c1-3-8-14-12-15-9-5-11(17-12)16-10-13(4-2)6-7-13/h5,9H,3-4,6-8,10H2,1-2H3,(H2,14,15,16,17). The molecule has 2 N–H and O–H groups in total. The summed E-state index contributed by atoms with van der Waals surface area (Å²) >= 11 is 0. The van der Waals surface area contributed by atoms with Crippen molar-refractivity contribution in [2.45, 2.75) is 39.5 Å². The van der Waals surface area contributed by atoms with Crippen molar-refractivity contribution >= 4 is 11.8 Å². The Bertz CT molecular complexity index is 360. The van der Waals surface area contributed by atoms with Gasteiger partial charge in [-0.15, -0.1) is 0 Å². The van der Waals surface area contributed by atoms with Gasteiger partial charge in [0.25, 0.3) is 0 Å². The molecule has 1 aliphatic carbocycles. The molecule has 17 heavy (non-hydrogen) atoms. The summed E-state index contributed by atoms with van der Waals surface area (Å²) in [7, 11) is 0. The molecule has 0 saturated heterocycles. The molecule has 2 rings (SSSR count). The van der Waals surface area contributed by atoms with Crippen LogP contribution >= 0.6 is 0 Å². The van der Waals surface area contributed by atoms with E-state index in [1.54, 1.807) is 6.20 Å². The van der Waals surface area contributed by atoms with E-state index in [1.807, 2.05) is 6.07 Å². The topological polar surface area (TPSA) is 49.8 Å². The predicted octanol–water partition coefficient (Wildman–Crippen LogP) is 2.90. The van der Waals surface area contributed by atoms with E-state index in [0.29, 0.717) is 5.41 Å². The Labute approximate surface area is 103 Å². The van der Waals surface area contributed by atoms with Crippen LogP contribution in [0.25, 0.3) is 0 Å². The highest BCUT2D eigenvalue weighted by molar-refractivity contribution is 5.39. The van der Waals surface area contributed by atoms with Crippen LogP contribution in [0.2, 0.25) is 0 Å². The van der Waals surface area contributed by atoms with Gasteiger partial charge in [0.05, 0.1) is 0 Å². The zero-order chi connectivity index (χ0) is 12.1. The van der Waals surface area contributed by atoms with Crippen LogP contribution in [0, 0.1) is 5.41 Å². The summed E-state index contributed by atoms with van der Waals surface area (Å²) in [5.41, 5.74) is 0.544. The summed E-state index contributed by atoms with van der Waals surface area (Å²) < 4.78 is 0. The summed E-state index contributed by atoms with van der Waals surface area (Å²) in [6, 6.07) is 1.93. The Morgan fingerprint density at radius 2 is 2.12 bits per heavy atom. The molecule has 0 radical (unpaired) electrons. The number of aromatic nitrogens is 2. The summed E-state index contributed by atoms with van der Waals surface area (Å²) in [6.45, 7) is 6.35. The van der Waals surface area contributed by atoms with Crippen LogP contribution in [0.5, 0.6) is 0 Å². The van der Waals surface area contributed by atoms with Crippen LogP contribution in [0.1, 0.15) is 39.5 Å². The van der Waals surface area contributed by atoms with E-state index in [4.69, 9.17) is 0 Å². The summed E-state index contributed by atoms with van der Waals surface area (Å²) in [6.07, 6.45) is 6.84. The maximum Gasteiger partial charge on any atom is 0.224 e. The molecule has 4 nitrogen and oxygen atoms in total. The number of hydrogen-bond acceptors (Lipinski definition) is 4. The Balaban J connectivity index is 1.87. The smallest absolute Gasteiger partial charge is 0.224 e. The number of anilines is 2. The van der Waals surface area contributed by atoms with Crippen molar-refractivity contribution in [2.24, 2.45) is 5.41 Å². The van der Waals surface area contributed by atoms with Crippen LogP contribution in [0.4, 0.5) is 11.8 Å². The highest BCUT2D eigenvalue weighted by Gasteiger charge is 2.40. The van der Waals surface area contributed by atoms with Gasteiger partial charge in [-0.05, 0) is 37.2 Å². The molecule has 0 atom stereocenters. The third kappa shape index (κ3) is 3.32. The van der Waals surface area contributed by atoms with E-state index in [0.717, 1.165) is 31.3 Å². The van der Waals surface area contributed by atoms with Crippen molar-refractivity contribution in [1.29, 1.82) is 0 Å². The van der Waals surface area contributed by atoms with Gasteiger partial charge in [-0.3, -0.25) is 0 Å². The van der Waals surface area contributed by atoms with Crippen molar-refractivity contribution in [3.05, 3.63) is 12.3 Å². The maximum atomic E-state index is 4.44. The maximum absolute atomic E-state index is 4.44. The summed E-state index contributed by atoms with van der Waals surface area (Å²) in [4.78, 5) is 8.64. The lowest BCUT2D eigenvalue weighted by atomic mass is 10.0. The van der Waals surface area contributed by atoms with Gasteiger partial charge in [-0.1, -0.05) is 13.8 Å². The molecule has 94 valence electrons. The number of hydrogen-bond donors (Lipinski definition) is 2. The second-order valence-electron chi connectivity index (χ2n) is 4.90. The molecular weight excluding hydrogens is 212 g/mol. The SMILES string of the molecule is CCCNc1nccc(NCC2(CC)CC2)n1. The van der Waals surface area contributed by atoms with E-state index in [1.165, 1.54) is 19.3 Å². The van der Waals surface area contributed by atoms with Crippen LogP contribution in [-0.4, -0.2) is 23.1 Å². The first-order valence-corrected chi connectivity index (χ1v) is 6.59. The largest absolute Gasteiger partial charge is 0.369 e. The monoisotopic (exact) mass is 234 g/mol. The van der Waals surface area contributed by atoms with Gasteiger partial charge in [-0.2, -0.15) is 4.98 Å². The summed E-state index contributed by atoms with van der Waals surface area (Å²) in [5.74, 6) is 1.65. The van der Waals surface area contributed by atoms with E-state index in [-0.39, 0.29) is 0 Å². The molecule has 1 aliphatic rings. The quantitative estimate of drug-likeness (QED) is 0.761. The number of nitrogens with zero attached hydrogens (tertiary/aromatic N) is 2. The van der Waals surface area contributed by atoms with Crippen LogP contribution in [0.3, 0.4) is 0 Å². The van der Waals surface area contributed by atoms with E-state index < -0.39 is 0 Å². The Kier molecular flexibility index (Phi) is 3.82. The van der Waals surface area contributed by atoms with Crippen molar-refractivity contribution < 1.29 is 0 Å². The highest BCUT2D eigenvalue weighted by atomic mass is 15.1. The lowest BCUT2D eigenvalue weighted by molar-refractivity contribution is 0.520. The van der Waals surface area contributed by atoms with Gasteiger partial charge in [-0.25, -0.2) is 4.98 Å². The first kappa shape index (κ1) is 12.1. The third-order valence-electron chi connectivity index (χ3n) is 3.54. The van der Waals surface area contributed by atoms with Crippen LogP contribution in [0.15, 0.2) is 12.3 Å². The second-order valence-corrected chi connectivity index (χ2v) is 4.90. The van der Waals surface area contributed by atoms with Gasteiger partial charge < -0.3 is 10.6 Å². The molecule has 0 bridgehead atoms. The Morgan fingerprint density at radius 3 is 2.76 bits per heavy atom. The van der Waals surface area contributed by atoms with Crippen LogP contribution in [-0.2, 0) is 0 Å². The average molecular weight is 234 g/mol. The molecule has 0 unspecified atom stereocenters. The molecule has 1 aromatic rings. The normalized spacial score (nSPS) is 16.6. The zero-order valence-corrected chi connectivity index (χ0v) is 10.8. The molecule has 4 heteroatoms. The molecular formula is C13H22N4. The van der Waals surface area contributed by atoms with Crippen molar-refractivity contribution in [1.82, 2.24) is 9.97 Å². The molecule has 0 spiro atoms. The van der Waals surface area contributed by atoms with Gasteiger partial charge in [0.2, 0.25) is 5.95 Å². The van der Waals surface area contributed by atoms with Crippen molar-refractivity contribution in [3.8, 4) is 0 Å². The molecule has 0 amide bonds. The van der Waals surface area contributed by atoms with Crippen LogP contribution < -0.4 is 10.6 Å². The minimum Gasteiger partial charge on any atom is -0.369 e. The lowest BCUT2D eigenvalue weighted by Gasteiger charge is -2.14. The molecule has 1 fully saturated rings. The first-order chi connectivity index (χ1) is 8.28. The number of rotatable bonds is 7. The van der Waals surface area contributed by atoms with Gasteiger partial charge in [0.15, 0.2) is 0 Å². The molecule has 1 heterocycles. The van der Waals surface area contributed by atoms with E-state index >= 15 is 0 Å². The Hall–Kier alpha value is -1.32. The molecule has 1 aromatic heterocycles. The fraction of sp³-hybridized carbons (Fsp3) is 0.692. The minimum absolute atomic E-state index is 0.544. The van der Waals surface area contributed by atoms with Crippen molar-refractivity contribution in [3.63, 3.8) is 0 Å². The Morgan fingerprint density at radius 1 is 1.29 bits per heavy atom. The third-order valence-corrected chi connectivity index (χ3v) is 3.54. The minimum atomic E-state index is 0.544. The van der Waals surface area contributed by atoms with Gasteiger partial charge in [0.1, 0.15) is 5.82 Å². The predicted molar refractivity (Wildman–Crippen MR) is 71.3 cm³/mol. The second kappa shape index (κ2) is 5.34. The number of nitrogens with one attached hydrogen (secondary N) is 2. The van der Waals surface area contributed by atoms with E-state index in [2.05, 4.69) is 34.4 Å². The molecule has 1 saturated carbocycles. The highest BCUT2D eigenvalue weighted by Crippen LogP contribution is 2.48. The van der Waals surface area contributed by atoms with E-state index in [9.17, 15) is 0 Å². The average Bonchev–Trinajstić information content (AvgIpc) is 3.15. The molecule has 0 aromatic carbocycles. The lowest BCUT2D eigenvalue weighted by Crippen LogP contribution is -2.15.